The molecule has 0 fully saturated rings. The molecule has 0 spiro atoms. The second kappa shape index (κ2) is 4.94. The molecular weight excluding hydrogens is 184 g/mol. The summed E-state index contributed by atoms with van der Waals surface area (Å²) < 4.78 is 0. The fraction of sp³-hybridized carbons (Fsp3) is 0.286. The van der Waals surface area contributed by atoms with E-state index in [1.165, 1.54) is 0 Å². The highest BCUT2D eigenvalue weighted by atomic mass is 16.3. The molecule has 80 valence electrons. The Morgan fingerprint density at radius 1 is 1.33 bits per heavy atom. The first kappa shape index (κ1) is 11.7. The van der Waals surface area contributed by atoms with E-state index < -0.39 is 0 Å². The van der Waals surface area contributed by atoms with Gasteiger partial charge in [0.15, 0.2) is 0 Å². The van der Waals surface area contributed by atoms with Crippen LogP contribution in [0.4, 0.5) is 0 Å². The highest BCUT2D eigenvalue weighted by molar-refractivity contribution is 5.53. The zero-order chi connectivity index (χ0) is 11.3. The molecule has 1 N–H and O–H groups in total. The normalized spacial score (nSPS) is 11.9. The Hall–Kier alpha value is -1.34. The average molecular weight is 202 g/mol. The van der Waals surface area contributed by atoms with E-state index in [0.717, 1.165) is 11.1 Å². The standard InChI is InChI=1S/C14H18O/c1-12(14(2,3)11-15)9-10-13-7-5-4-6-8-13/h4-10,15H,1,11H2,2-3H3/b10-9+. The highest BCUT2D eigenvalue weighted by Gasteiger charge is 2.17. The Labute approximate surface area is 91.8 Å². The molecule has 1 rings (SSSR count). The summed E-state index contributed by atoms with van der Waals surface area (Å²) in [6.45, 7) is 8.04. The minimum atomic E-state index is -0.245. The second-order valence-electron chi connectivity index (χ2n) is 4.31. The van der Waals surface area contributed by atoms with Gasteiger partial charge < -0.3 is 5.11 Å². The monoisotopic (exact) mass is 202 g/mol. The van der Waals surface area contributed by atoms with E-state index in [-0.39, 0.29) is 12.0 Å². The summed E-state index contributed by atoms with van der Waals surface area (Å²) in [5.41, 5.74) is 1.84. The molecule has 0 bridgehead atoms. The van der Waals surface area contributed by atoms with Crippen LogP contribution in [0.3, 0.4) is 0 Å². The summed E-state index contributed by atoms with van der Waals surface area (Å²) in [4.78, 5) is 0. The molecule has 1 aromatic rings. The van der Waals surface area contributed by atoms with E-state index in [2.05, 4.69) is 6.58 Å². The van der Waals surface area contributed by atoms with Crippen molar-refractivity contribution in [2.24, 2.45) is 5.41 Å². The smallest absolute Gasteiger partial charge is 0.0522 e. The first-order valence-electron chi connectivity index (χ1n) is 5.09. The first-order valence-corrected chi connectivity index (χ1v) is 5.09. The molecule has 0 radical (unpaired) electrons. The van der Waals surface area contributed by atoms with Gasteiger partial charge in [0, 0.05) is 5.41 Å². The number of aliphatic hydroxyl groups is 1. The van der Waals surface area contributed by atoms with E-state index in [4.69, 9.17) is 5.11 Å². The number of benzene rings is 1. The van der Waals surface area contributed by atoms with E-state index in [1.807, 2.05) is 56.3 Å². The van der Waals surface area contributed by atoms with Crippen LogP contribution in [0, 0.1) is 5.41 Å². The fourth-order valence-corrected chi connectivity index (χ4v) is 1.09. The van der Waals surface area contributed by atoms with Crippen LogP contribution in [-0.2, 0) is 0 Å². The Balaban J connectivity index is 2.71. The van der Waals surface area contributed by atoms with Gasteiger partial charge in [-0.05, 0) is 11.1 Å². The molecular formula is C14H18O. The van der Waals surface area contributed by atoms with Crippen LogP contribution in [0.15, 0.2) is 48.6 Å². The minimum absolute atomic E-state index is 0.116. The summed E-state index contributed by atoms with van der Waals surface area (Å²) in [6, 6.07) is 10.1. The second-order valence-corrected chi connectivity index (χ2v) is 4.31. The summed E-state index contributed by atoms with van der Waals surface area (Å²) in [5.74, 6) is 0. The molecule has 0 amide bonds. The average Bonchev–Trinajstić information content (AvgIpc) is 2.27. The van der Waals surface area contributed by atoms with Crippen molar-refractivity contribution in [1.29, 1.82) is 0 Å². The topological polar surface area (TPSA) is 20.2 Å². The molecule has 0 heterocycles. The van der Waals surface area contributed by atoms with Crippen molar-refractivity contribution in [1.82, 2.24) is 0 Å². The third-order valence-electron chi connectivity index (χ3n) is 2.54. The highest BCUT2D eigenvalue weighted by Crippen LogP contribution is 2.25. The van der Waals surface area contributed by atoms with E-state index in [1.54, 1.807) is 0 Å². The van der Waals surface area contributed by atoms with Gasteiger partial charge >= 0.3 is 0 Å². The third kappa shape index (κ3) is 3.37. The summed E-state index contributed by atoms with van der Waals surface area (Å²) >= 11 is 0. The molecule has 0 unspecified atom stereocenters. The molecule has 1 nitrogen and oxygen atoms in total. The van der Waals surface area contributed by atoms with Crippen molar-refractivity contribution in [2.75, 3.05) is 6.61 Å². The lowest BCUT2D eigenvalue weighted by molar-refractivity contribution is 0.193. The van der Waals surface area contributed by atoms with Crippen molar-refractivity contribution in [2.45, 2.75) is 13.8 Å². The number of hydrogen-bond acceptors (Lipinski definition) is 1. The van der Waals surface area contributed by atoms with Crippen molar-refractivity contribution in [3.05, 3.63) is 54.1 Å². The molecule has 1 heteroatoms. The molecule has 0 saturated carbocycles. The maximum absolute atomic E-state index is 9.17. The maximum atomic E-state index is 9.17. The largest absolute Gasteiger partial charge is 0.395 e. The number of aliphatic hydroxyl groups excluding tert-OH is 1. The van der Waals surface area contributed by atoms with Gasteiger partial charge in [0.1, 0.15) is 0 Å². The van der Waals surface area contributed by atoms with Crippen molar-refractivity contribution < 1.29 is 5.11 Å². The van der Waals surface area contributed by atoms with Gasteiger partial charge in [0.05, 0.1) is 6.61 Å². The van der Waals surface area contributed by atoms with Crippen LogP contribution in [-0.4, -0.2) is 11.7 Å². The molecule has 15 heavy (non-hydrogen) atoms. The summed E-state index contributed by atoms with van der Waals surface area (Å²) in [7, 11) is 0. The fourth-order valence-electron chi connectivity index (χ4n) is 1.09. The molecule has 0 aliphatic heterocycles. The summed E-state index contributed by atoms with van der Waals surface area (Å²) in [5, 5.41) is 9.17. The molecule has 0 aliphatic carbocycles. The summed E-state index contributed by atoms with van der Waals surface area (Å²) in [6.07, 6.45) is 3.98. The van der Waals surface area contributed by atoms with Gasteiger partial charge in [0.2, 0.25) is 0 Å². The van der Waals surface area contributed by atoms with Crippen molar-refractivity contribution >= 4 is 6.08 Å². The Bertz CT molecular complexity index is 347. The SMILES string of the molecule is C=C(/C=C/c1ccccc1)C(C)(C)CO. The number of hydrogen-bond donors (Lipinski definition) is 1. The van der Waals surface area contributed by atoms with Crippen LogP contribution in [0.5, 0.6) is 0 Å². The molecule has 0 aliphatic rings. The maximum Gasteiger partial charge on any atom is 0.0522 e. The molecule has 0 atom stereocenters. The van der Waals surface area contributed by atoms with E-state index in [0.29, 0.717) is 0 Å². The van der Waals surface area contributed by atoms with Gasteiger partial charge in [-0.25, -0.2) is 0 Å². The first-order chi connectivity index (χ1) is 7.06. The van der Waals surface area contributed by atoms with Gasteiger partial charge in [-0.15, -0.1) is 0 Å². The lowest BCUT2D eigenvalue weighted by Gasteiger charge is -2.22. The zero-order valence-corrected chi connectivity index (χ0v) is 9.40. The minimum Gasteiger partial charge on any atom is -0.395 e. The number of allylic oxidation sites excluding steroid dienone is 1. The van der Waals surface area contributed by atoms with Crippen LogP contribution in [0.25, 0.3) is 6.08 Å². The van der Waals surface area contributed by atoms with Gasteiger partial charge in [-0.3, -0.25) is 0 Å². The van der Waals surface area contributed by atoms with Crippen LogP contribution in [0.2, 0.25) is 0 Å². The van der Waals surface area contributed by atoms with Crippen LogP contribution >= 0.6 is 0 Å². The molecule has 1 aromatic carbocycles. The quantitative estimate of drug-likeness (QED) is 0.743. The predicted molar refractivity (Wildman–Crippen MR) is 65.5 cm³/mol. The van der Waals surface area contributed by atoms with E-state index >= 15 is 0 Å². The van der Waals surface area contributed by atoms with Gasteiger partial charge in [-0.2, -0.15) is 0 Å². The van der Waals surface area contributed by atoms with Crippen LogP contribution < -0.4 is 0 Å². The zero-order valence-electron chi connectivity index (χ0n) is 9.40. The molecule has 0 aromatic heterocycles. The third-order valence-corrected chi connectivity index (χ3v) is 2.54. The van der Waals surface area contributed by atoms with Crippen molar-refractivity contribution in [3.63, 3.8) is 0 Å². The van der Waals surface area contributed by atoms with Gasteiger partial charge in [-0.1, -0.05) is 62.9 Å². The lowest BCUT2D eigenvalue weighted by atomic mass is 9.86. The number of rotatable bonds is 4. The van der Waals surface area contributed by atoms with Gasteiger partial charge in [0.25, 0.3) is 0 Å². The van der Waals surface area contributed by atoms with Crippen LogP contribution in [0.1, 0.15) is 19.4 Å². The Morgan fingerprint density at radius 3 is 2.47 bits per heavy atom. The van der Waals surface area contributed by atoms with E-state index in [9.17, 15) is 0 Å². The lowest BCUT2D eigenvalue weighted by Crippen LogP contribution is -2.17. The molecule has 0 saturated heterocycles. The Morgan fingerprint density at radius 2 is 1.93 bits per heavy atom. The Kier molecular flexibility index (Phi) is 3.87. The predicted octanol–water partition coefficient (Wildman–Crippen LogP) is 3.27. The van der Waals surface area contributed by atoms with Crippen molar-refractivity contribution in [3.8, 4) is 0 Å².